The third-order valence-corrected chi connectivity index (χ3v) is 3.80. The lowest BCUT2D eigenvalue weighted by atomic mass is 9.99. The minimum Gasteiger partial charge on any atom is -0.316 e. The highest BCUT2D eigenvalue weighted by molar-refractivity contribution is 5.05. The summed E-state index contributed by atoms with van der Waals surface area (Å²) in [5, 5.41) is 12.3. The predicted molar refractivity (Wildman–Crippen MR) is 62.4 cm³/mol. The second-order valence-corrected chi connectivity index (χ2v) is 4.98. The molecule has 0 unspecified atom stereocenters. The summed E-state index contributed by atoms with van der Waals surface area (Å²) < 4.78 is 2.39. The second-order valence-electron chi connectivity index (χ2n) is 4.98. The van der Waals surface area contributed by atoms with Gasteiger partial charge >= 0.3 is 0 Å². The van der Waals surface area contributed by atoms with Crippen molar-refractivity contribution >= 4 is 0 Å². The molecule has 1 aromatic heterocycles. The maximum absolute atomic E-state index is 4.44. The van der Waals surface area contributed by atoms with Gasteiger partial charge in [0.1, 0.15) is 11.6 Å². The standard InChI is InChI=1S/C12H20N4/c1-2-6-11-14-15-12(16(11)8-3-1)10-5-4-7-13-9-10/h10,13H,1-9H2/t10-/m0/s1. The molecular weight excluding hydrogens is 200 g/mol. The van der Waals surface area contributed by atoms with Gasteiger partial charge in [0.15, 0.2) is 0 Å². The number of aromatic nitrogens is 3. The third kappa shape index (κ3) is 1.86. The van der Waals surface area contributed by atoms with Crippen LogP contribution in [0.3, 0.4) is 0 Å². The molecule has 0 bridgehead atoms. The van der Waals surface area contributed by atoms with Crippen LogP contribution in [0.2, 0.25) is 0 Å². The minimum atomic E-state index is 0.591. The fourth-order valence-corrected chi connectivity index (χ4v) is 2.88. The Hall–Kier alpha value is -0.900. The molecule has 1 saturated heterocycles. The van der Waals surface area contributed by atoms with E-state index in [4.69, 9.17) is 0 Å². The number of aryl methyl sites for hydroxylation is 1. The molecule has 2 aliphatic heterocycles. The number of rotatable bonds is 1. The normalized spacial score (nSPS) is 26.1. The molecule has 4 heteroatoms. The highest BCUT2D eigenvalue weighted by Gasteiger charge is 2.23. The van der Waals surface area contributed by atoms with Gasteiger partial charge < -0.3 is 9.88 Å². The number of piperidine rings is 1. The first kappa shape index (κ1) is 10.3. The van der Waals surface area contributed by atoms with E-state index in [0.29, 0.717) is 5.92 Å². The van der Waals surface area contributed by atoms with Gasteiger partial charge in [-0.1, -0.05) is 6.42 Å². The molecule has 3 rings (SSSR count). The van der Waals surface area contributed by atoms with Crippen LogP contribution >= 0.6 is 0 Å². The summed E-state index contributed by atoms with van der Waals surface area (Å²) in [6, 6.07) is 0. The summed E-state index contributed by atoms with van der Waals surface area (Å²) >= 11 is 0. The zero-order valence-corrected chi connectivity index (χ0v) is 9.78. The summed E-state index contributed by atoms with van der Waals surface area (Å²) in [6.45, 7) is 3.38. The average molecular weight is 220 g/mol. The van der Waals surface area contributed by atoms with Crippen molar-refractivity contribution in [1.29, 1.82) is 0 Å². The zero-order chi connectivity index (χ0) is 10.8. The average Bonchev–Trinajstić information content (AvgIpc) is 2.60. The van der Waals surface area contributed by atoms with Crippen LogP contribution in [0.4, 0.5) is 0 Å². The molecule has 2 aliphatic rings. The molecule has 0 aromatic carbocycles. The quantitative estimate of drug-likeness (QED) is 0.779. The molecule has 3 heterocycles. The van der Waals surface area contributed by atoms with Crippen molar-refractivity contribution in [2.45, 2.75) is 51.0 Å². The maximum atomic E-state index is 4.44. The monoisotopic (exact) mass is 220 g/mol. The van der Waals surface area contributed by atoms with Gasteiger partial charge in [-0.15, -0.1) is 10.2 Å². The Morgan fingerprint density at radius 2 is 2.12 bits per heavy atom. The Morgan fingerprint density at radius 1 is 1.12 bits per heavy atom. The Morgan fingerprint density at radius 3 is 3.00 bits per heavy atom. The molecule has 16 heavy (non-hydrogen) atoms. The summed E-state index contributed by atoms with van der Waals surface area (Å²) in [5.74, 6) is 3.05. The van der Waals surface area contributed by atoms with Gasteiger partial charge in [-0.2, -0.15) is 0 Å². The lowest BCUT2D eigenvalue weighted by molar-refractivity contribution is 0.429. The van der Waals surface area contributed by atoms with E-state index in [1.165, 1.54) is 43.8 Å². The molecule has 1 N–H and O–H groups in total. The van der Waals surface area contributed by atoms with Crippen molar-refractivity contribution in [3.63, 3.8) is 0 Å². The molecule has 1 fully saturated rings. The van der Waals surface area contributed by atoms with Crippen molar-refractivity contribution in [2.24, 2.45) is 0 Å². The van der Waals surface area contributed by atoms with Crippen LogP contribution in [0.15, 0.2) is 0 Å². The van der Waals surface area contributed by atoms with Crippen molar-refractivity contribution in [3.8, 4) is 0 Å². The smallest absolute Gasteiger partial charge is 0.137 e. The van der Waals surface area contributed by atoms with Crippen molar-refractivity contribution < 1.29 is 0 Å². The lowest BCUT2D eigenvalue weighted by Crippen LogP contribution is -2.30. The van der Waals surface area contributed by atoms with Crippen LogP contribution in [0.5, 0.6) is 0 Å². The molecule has 1 atom stereocenters. The van der Waals surface area contributed by atoms with Crippen LogP contribution in [-0.2, 0) is 13.0 Å². The summed E-state index contributed by atoms with van der Waals surface area (Å²) in [4.78, 5) is 0. The van der Waals surface area contributed by atoms with E-state index in [9.17, 15) is 0 Å². The SMILES string of the molecule is C1CCc2nnc([C@H]3CCCNC3)n2CC1. The molecule has 0 radical (unpaired) electrons. The molecular formula is C12H20N4. The Labute approximate surface area is 96.4 Å². The van der Waals surface area contributed by atoms with Gasteiger partial charge in [-0.25, -0.2) is 0 Å². The van der Waals surface area contributed by atoms with Gasteiger partial charge in [0.05, 0.1) is 0 Å². The zero-order valence-electron chi connectivity index (χ0n) is 9.78. The van der Waals surface area contributed by atoms with E-state index in [1.807, 2.05) is 0 Å². The molecule has 88 valence electrons. The molecule has 0 amide bonds. The van der Waals surface area contributed by atoms with Crippen LogP contribution in [0.1, 0.15) is 49.7 Å². The minimum absolute atomic E-state index is 0.591. The fraction of sp³-hybridized carbons (Fsp3) is 0.833. The van der Waals surface area contributed by atoms with E-state index in [0.717, 1.165) is 26.1 Å². The first-order valence-corrected chi connectivity index (χ1v) is 6.58. The molecule has 0 aliphatic carbocycles. The number of hydrogen-bond donors (Lipinski definition) is 1. The second kappa shape index (κ2) is 4.53. The van der Waals surface area contributed by atoms with Gasteiger partial charge in [0.2, 0.25) is 0 Å². The number of nitrogens with zero attached hydrogens (tertiary/aromatic N) is 3. The van der Waals surface area contributed by atoms with Crippen LogP contribution in [0, 0.1) is 0 Å². The maximum Gasteiger partial charge on any atom is 0.137 e. The number of hydrogen-bond acceptors (Lipinski definition) is 3. The summed E-state index contributed by atoms with van der Waals surface area (Å²) in [6.07, 6.45) is 7.57. The van der Waals surface area contributed by atoms with E-state index in [2.05, 4.69) is 20.1 Å². The van der Waals surface area contributed by atoms with Gasteiger partial charge in [0.25, 0.3) is 0 Å². The lowest BCUT2D eigenvalue weighted by Gasteiger charge is -2.22. The van der Waals surface area contributed by atoms with Crippen LogP contribution < -0.4 is 5.32 Å². The number of fused-ring (bicyclic) bond motifs is 1. The Balaban J connectivity index is 1.86. The summed E-state index contributed by atoms with van der Waals surface area (Å²) in [7, 11) is 0. The van der Waals surface area contributed by atoms with Gasteiger partial charge in [-0.05, 0) is 32.2 Å². The molecule has 4 nitrogen and oxygen atoms in total. The highest BCUT2D eigenvalue weighted by atomic mass is 15.3. The first-order chi connectivity index (χ1) is 7.95. The molecule has 0 spiro atoms. The van der Waals surface area contributed by atoms with Crippen LogP contribution in [0.25, 0.3) is 0 Å². The predicted octanol–water partition coefficient (Wildman–Crippen LogP) is 1.47. The van der Waals surface area contributed by atoms with E-state index in [1.54, 1.807) is 0 Å². The van der Waals surface area contributed by atoms with E-state index in [-0.39, 0.29) is 0 Å². The van der Waals surface area contributed by atoms with E-state index >= 15 is 0 Å². The Kier molecular flexibility index (Phi) is 2.91. The topological polar surface area (TPSA) is 42.7 Å². The van der Waals surface area contributed by atoms with E-state index < -0.39 is 0 Å². The fourth-order valence-electron chi connectivity index (χ4n) is 2.88. The number of nitrogens with one attached hydrogen (secondary N) is 1. The first-order valence-electron chi connectivity index (χ1n) is 6.58. The molecule has 0 saturated carbocycles. The van der Waals surface area contributed by atoms with Crippen molar-refractivity contribution in [2.75, 3.05) is 13.1 Å². The van der Waals surface area contributed by atoms with Gasteiger partial charge in [0, 0.05) is 25.4 Å². The largest absolute Gasteiger partial charge is 0.316 e. The third-order valence-electron chi connectivity index (χ3n) is 3.80. The Bertz CT molecular complexity index is 352. The summed E-state index contributed by atoms with van der Waals surface area (Å²) in [5.41, 5.74) is 0. The van der Waals surface area contributed by atoms with Crippen LogP contribution in [-0.4, -0.2) is 27.9 Å². The van der Waals surface area contributed by atoms with Gasteiger partial charge in [-0.3, -0.25) is 0 Å². The molecule has 1 aromatic rings. The van der Waals surface area contributed by atoms with Crippen molar-refractivity contribution in [3.05, 3.63) is 11.6 Å². The van der Waals surface area contributed by atoms with Crippen molar-refractivity contribution in [1.82, 2.24) is 20.1 Å². The highest BCUT2D eigenvalue weighted by Crippen LogP contribution is 2.24.